The van der Waals surface area contributed by atoms with Gasteiger partial charge in [0.25, 0.3) is 11.8 Å². The summed E-state index contributed by atoms with van der Waals surface area (Å²) in [7, 11) is 0. The maximum Gasteiger partial charge on any atom is 0.319 e. The van der Waals surface area contributed by atoms with E-state index < -0.39 is 41.8 Å². The third-order valence-corrected chi connectivity index (χ3v) is 21.7. The van der Waals surface area contributed by atoms with Gasteiger partial charge in [0.05, 0.1) is 33.4 Å². The van der Waals surface area contributed by atoms with E-state index in [0.717, 1.165) is 28.0 Å². The minimum Gasteiger partial charge on any atom is -0.508 e. The van der Waals surface area contributed by atoms with Crippen molar-refractivity contribution in [3.05, 3.63) is 173 Å². The quantitative estimate of drug-likeness (QED) is 0.0310. The molecule has 0 spiro atoms. The lowest BCUT2D eigenvalue weighted by molar-refractivity contribution is -0.159. The number of aliphatic hydroxyl groups excluding tert-OH is 2. The fraction of sp³-hybridized carbons (Fsp3) is 0.306. The van der Waals surface area contributed by atoms with Crippen LogP contribution in [0.15, 0.2) is 140 Å². The van der Waals surface area contributed by atoms with Crippen LogP contribution < -0.4 is 28.9 Å². The van der Waals surface area contributed by atoms with E-state index >= 15 is 13.2 Å². The predicted octanol–water partition coefficient (Wildman–Crippen LogP) is 14.1. The van der Waals surface area contributed by atoms with Crippen molar-refractivity contribution in [1.29, 1.82) is 0 Å². The molecule has 604 valence electrons. The molecule has 1 unspecified atom stereocenters. The highest BCUT2D eigenvalue weighted by Crippen LogP contribution is 2.47. The van der Waals surface area contributed by atoms with Crippen molar-refractivity contribution in [2.24, 2.45) is 0 Å². The van der Waals surface area contributed by atoms with Crippen LogP contribution in [-0.4, -0.2) is 207 Å². The Hall–Kier alpha value is -11.4. The first-order valence-electron chi connectivity index (χ1n) is 37.9. The van der Waals surface area contributed by atoms with E-state index in [1.54, 1.807) is 41.3 Å². The number of aromatic nitrogens is 6. The summed E-state index contributed by atoms with van der Waals surface area (Å²) in [6.45, 7) is 19.1. The molecule has 3 amide bonds. The molecule has 3 aliphatic heterocycles. The summed E-state index contributed by atoms with van der Waals surface area (Å²) >= 11 is 20.2. The molecule has 25 nitrogen and oxygen atoms in total. The van der Waals surface area contributed by atoms with Crippen molar-refractivity contribution in [3.8, 4) is 68.7 Å². The van der Waals surface area contributed by atoms with Crippen LogP contribution in [0, 0.1) is 17.5 Å². The molecule has 0 saturated carbocycles. The number of aliphatic hydroxyl groups is 4. The number of hydrogen-bond donors (Lipinski definition) is 7. The van der Waals surface area contributed by atoms with E-state index in [4.69, 9.17) is 49.0 Å². The molecule has 3 fully saturated rings. The molecule has 3 atom stereocenters. The summed E-state index contributed by atoms with van der Waals surface area (Å²) < 4.78 is 67.0. The number of carbonyl (C=O) groups is 3. The third kappa shape index (κ3) is 17.3. The number of rotatable bonds is 18. The van der Waals surface area contributed by atoms with Crippen molar-refractivity contribution in [1.82, 2.24) is 44.6 Å². The first kappa shape index (κ1) is 82.6. The smallest absolute Gasteiger partial charge is 0.319 e. The molecule has 12 aromatic rings. The monoisotopic (exact) mass is 1640 g/mol. The van der Waals surface area contributed by atoms with Gasteiger partial charge in [0.15, 0.2) is 17.5 Å². The number of phenols is 3. The molecule has 9 aromatic carbocycles. The Morgan fingerprint density at radius 3 is 0.940 bits per heavy atom. The van der Waals surface area contributed by atoms with Crippen molar-refractivity contribution >= 4 is 135 Å². The Bertz CT molecular complexity index is 5540. The third-order valence-electron chi connectivity index (χ3n) is 20.8. The number of piperazine rings is 3. The standard InChI is InChI=1S/C29H28ClFN4O3.2C28H28ClFN4O5/c1-4-17(3)38-29-32-27-22(28(33-29)35-12-10-34(11-13-35)24(37)5-2)16-23(30)25(26(27)31)21-15-19(36)14-18-8-6-7-9-20(18)21;2*1-3-15(2)39-28-31-24-20(25(32-28)33-8-10-34(11-9-33)26(36)27(37)38)14-21(29)22(23(24)30)19-13-17(35)12-16-6-4-5-7-18(16)19/h5-9,14-17,36H,2,4,10-13H2,1,3H3;2*4-7,12-15,27,35,37-38H,3,8-11H2,1-2H3/t17-;15-;/m11./s1. The fourth-order valence-electron chi connectivity index (χ4n) is 14.3. The Balaban J connectivity index is 0.000000151. The van der Waals surface area contributed by atoms with E-state index in [2.05, 4.69) is 36.5 Å². The highest BCUT2D eigenvalue weighted by Gasteiger charge is 2.34. The molecule has 7 N–H and O–H groups in total. The van der Waals surface area contributed by atoms with Gasteiger partial charge in [-0.25, -0.2) is 13.2 Å². The summed E-state index contributed by atoms with van der Waals surface area (Å²) in [6.07, 6.45) is -1.37. The molecule has 3 aliphatic rings. The number of ether oxygens (including phenoxy) is 3. The number of benzene rings is 9. The van der Waals surface area contributed by atoms with Crippen molar-refractivity contribution in [3.63, 3.8) is 0 Å². The van der Waals surface area contributed by atoms with Crippen molar-refractivity contribution < 1.29 is 77.5 Å². The van der Waals surface area contributed by atoms with Crippen LogP contribution >= 0.6 is 34.8 Å². The molecule has 0 radical (unpaired) electrons. The minimum atomic E-state index is -2.08. The second-order valence-electron chi connectivity index (χ2n) is 28.4. The van der Waals surface area contributed by atoms with Crippen LogP contribution in [-0.2, 0) is 14.4 Å². The summed E-state index contributed by atoms with van der Waals surface area (Å²) in [6, 6.07) is 36.3. The maximum absolute atomic E-state index is 16.4. The Kier molecular flexibility index (Phi) is 25.2. The van der Waals surface area contributed by atoms with Crippen LogP contribution in [0.5, 0.6) is 35.3 Å². The van der Waals surface area contributed by atoms with E-state index in [-0.39, 0.29) is 134 Å². The van der Waals surface area contributed by atoms with Gasteiger partial charge in [0.2, 0.25) is 18.5 Å². The molecule has 0 aliphatic carbocycles. The fourth-order valence-corrected chi connectivity index (χ4v) is 15.1. The zero-order valence-electron chi connectivity index (χ0n) is 64.1. The molecule has 116 heavy (non-hydrogen) atoms. The van der Waals surface area contributed by atoms with Crippen LogP contribution in [0.25, 0.3) is 98.4 Å². The van der Waals surface area contributed by atoms with Gasteiger partial charge in [0.1, 0.15) is 51.3 Å². The molecule has 3 aromatic heterocycles. The average Bonchev–Trinajstić information content (AvgIpc) is 0.752. The number of halogens is 6. The number of carbonyl (C=O) groups excluding carboxylic acids is 3. The Labute approximate surface area is 679 Å². The largest absolute Gasteiger partial charge is 0.508 e. The van der Waals surface area contributed by atoms with Crippen LogP contribution in [0.1, 0.15) is 60.8 Å². The van der Waals surface area contributed by atoms with E-state index in [9.17, 15) is 50.1 Å². The van der Waals surface area contributed by atoms with Crippen LogP contribution in [0.2, 0.25) is 15.1 Å². The van der Waals surface area contributed by atoms with Crippen LogP contribution in [0.3, 0.4) is 0 Å². The van der Waals surface area contributed by atoms with E-state index in [1.807, 2.05) is 129 Å². The molecule has 15 rings (SSSR count). The van der Waals surface area contributed by atoms with Crippen LogP contribution in [0.4, 0.5) is 30.6 Å². The van der Waals surface area contributed by atoms with Gasteiger partial charge in [-0.2, -0.15) is 29.9 Å². The van der Waals surface area contributed by atoms with Gasteiger partial charge in [-0.1, -0.05) is 135 Å². The zero-order valence-corrected chi connectivity index (χ0v) is 66.4. The second-order valence-corrected chi connectivity index (χ2v) is 29.6. The van der Waals surface area contributed by atoms with Gasteiger partial charge in [0, 0.05) is 111 Å². The number of phenolic OH excluding ortho intramolecular Hbond substituents is 3. The number of hydrogen-bond acceptors (Lipinski definition) is 22. The first-order valence-corrected chi connectivity index (χ1v) is 39.0. The van der Waals surface area contributed by atoms with Gasteiger partial charge in [-0.3, -0.25) is 14.4 Å². The highest BCUT2D eigenvalue weighted by atomic mass is 35.5. The van der Waals surface area contributed by atoms with Crippen molar-refractivity contribution in [2.75, 3.05) is 93.2 Å². The lowest BCUT2D eigenvalue weighted by Crippen LogP contribution is -2.51. The van der Waals surface area contributed by atoms with Crippen molar-refractivity contribution in [2.45, 2.75) is 91.7 Å². The Morgan fingerprint density at radius 2 is 0.681 bits per heavy atom. The number of nitrogens with zero attached hydrogens (tertiary/aromatic N) is 12. The number of anilines is 3. The topological polar surface area (TPSA) is 317 Å². The second kappa shape index (κ2) is 35.4. The first-order chi connectivity index (χ1) is 55.6. The SMILES string of the molecule is C=CC(=O)N1CCN(c2nc(O[C@H](C)CC)nc3c(F)c(-c4cc(O)cc5ccccc45)c(Cl)cc23)CC1.CCC(C)Oc1nc(N2CCN(C(=O)C(O)O)CC2)c2cc(Cl)c(-c3cc(O)cc4ccccc34)c(F)c2n1.CC[C@@H](C)Oc1nc(N2CCN(C(=O)C(O)O)CC2)c2cc(Cl)c(-c3cc(O)cc4ccccc34)c(F)c2n1. The lowest BCUT2D eigenvalue weighted by Gasteiger charge is -2.36. The molecular formula is C85H84Cl3F3N12O13. The van der Waals surface area contributed by atoms with E-state index in [1.165, 1.54) is 34.1 Å². The minimum absolute atomic E-state index is 0.00377. The van der Waals surface area contributed by atoms with Gasteiger partial charge >= 0.3 is 18.0 Å². The highest BCUT2D eigenvalue weighted by molar-refractivity contribution is 6.36. The molecule has 31 heteroatoms. The van der Waals surface area contributed by atoms with Gasteiger partial charge < -0.3 is 79.4 Å². The molecule has 6 heterocycles. The average molecular weight is 1650 g/mol. The molecule has 3 saturated heterocycles. The summed E-state index contributed by atoms with van der Waals surface area (Å²) in [5.41, 5.74) is 1.75. The normalized spacial score (nSPS) is 14.8. The zero-order chi connectivity index (χ0) is 82.7. The maximum atomic E-state index is 16.4. The predicted molar refractivity (Wildman–Crippen MR) is 442 cm³/mol. The number of fused-ring (bicyclic) bond motifs is 6. The summed E-state index contributed by atoms with van der Waals surface area (Å²) in [5.74, 6) is -2.43. The number of amides is 3. The van der Waals surface area contributed by atoms with Gasteiger partial charge in [-0.15, -0.1) is 0 Å². The van der Waals surface area contributed by atoms with E-state index in [0.29, 0.717) is 126 Å². The Morgan fingerprint density at radius 1 is 0.414 bits per heavy atom. The number of aromatic hydroxyl groups is 3. The lowest BCUT2D eigenvalue weighted by atomic mass is 9.96. The summed E-state index contributed by atoms with van der Waals surface area (Å²) in [5, 5.41) is 74.1. The molecule has 0 bridgehead atoms. The van der Waals surface area contributed by atoms with Gasteiger partial charge in [-0.05, 0) is 150 Å². The molecular weight excluding hydrogens is 1560 g/mol. The summed E-state index contributed by atoms with van der Waals surface area (Å²) in [4.78, 5) is 73.4.